The highest BCUT2D eigenvalue weighted by atomic mass is 32.1. The van der Waals surface area contributed by atoms with Crippen LogP contribution in [0.4, 0.5) is 5.13 Å². The average Bonchev–Trinajstić information content (AvgIpc) is 2.97. The first kappa shape index (κ1) is 12.9. The molecule has 0 spiro atoms. The number of nitrogen functional groups attached to an aromatic ring is 1. The second-order valence-corrected chi connectivity index (χ2v) is 5.86. The molecule has 1 aromatic carbocycles. The summed E-state index contributed by atoms with van der Waals surface area (Å²) in [4.78, 5) is 14.5. The van der Waals surface area contributed by atoms with E-state index in [1.165, 1.54) is 11.3 Å². The molecule has 0 saturated carbocycles. The van der Waals surface area contributed by atoms with Crippen LogP contribution in [-0.2, 0) is 0 Å². The summed E-state index contributed by atoms with van der Waals surface area (Å²) in [5, 5.41) is 0.543. The highest BCUT2D eigenvalue weighted by Gasteiger charge is 2.15. The molecule has 4 nitrogen and oxygen atoms in total. The van der Waals surface area contributed by atoms with Crippen molar-refractivity contribution in [3.8, 4) is 21.8 Å². The van der Waals surface area contributed by atoms with Gasteiger partial charge in [-0.25, -0.2) is 9.97 Å². The summed E-state index contributed by atoms with van der Waals surface area (Å²) in [6.45, 7) is 0. The molecule has 106 valence electrons. The SMILES string of the molecule is Nc1nc(-c2ccccc2)c(-c2ccc3ncccc3n2)s1. The van der Waals surface area contributed by atoms with Crippen molar-refractivity contribution < 1.29 is 0 Å². The maximum absolute atomic E-state index is 5.93. The molecule has 0 fully saturated rings. The number of rotatable bonds is 2. The van der Waals surface area contributed by atoms with E-state index in [0.29, 0.717) is 5.13 Å². The van der Waals surface area contributed by atoms with Crippen LogP contribution in [0.5, 0.6) is 0 Å². The molecule has 2 N–H and O–H groups in total. The molecule has 4 aromatic rings. The summed E-state index contributed by atoms with van der Waals surface area (Å²) < 4.78 is 0. The Morgan fingerprint density at radius 2 is 1.68 bits per heavy atom. The number of aromatic nitrogens is 3. The lowest BCUT2D eigenvalue weighted by Crippen LogP contribution is -1.87. The van der Waals surface area contributed by atoms with Crippen LogP contribution in [0.1, 0.15) is 0 Å². The molecule has 22 heavy (non-hydrogen) atoms. The lowest BCUT2D eigenvalue weighted by atomic mass is 10.1. The fourth-order valence-corrected chi connectivity index (χ4v) is 3.21. The number of benzene rings is 1. The predicted octanol–water partition coefficient (Wildman–Crippen LogP) is 4.00. The number of nitrogens with zero attached hydrogens (tertiary/aromatic N) is 3. The predicted molar refractivity (Wildman–Crippen MR) is 90.5 cm³/mol. The largest absolute Gasteiger partial charge is 0.375 e. The van der Waals surface area contributed by atoms with E-state index in [2.05, 4.69) is 9.97 Å². The quantitative estimate of drug-likeness (QED) is 0.608. The van der Waals surface area contributed by atoms with Crippen molar-refractivity contribution in [2.24, 2.45) is 0 Å². The minimum Gasteiger partial charge on any atom is -0.375 e. The normalized spacial score (nSPS) is 10.9. The molecular weight excluding hydrogens is 292 g/mol. The van der Waals surface area contributed by atoms with Crippen LogP contribution in [0.25, 0.3) is 32.9 Å². The van der Waals surface area contributed by atoms with Gasteiger partial charge in [0.15, 0.2) is 5.13 Å². The molecule has 0 aliphatic carbocycles. The molecule has 4 rings (SSSR count). The van der Waals surface area contributed by atoms with Gasteiger partial charge in [0.25, 0.3) is 0 Å². The third-order valence-electron chi connectivity index (χ3n) is 3.38. The Hall–Kier alpha value is -2.79. The number of thiazole rings is 1. The van der Waals surface area contributed by atoms with Crippen LogP contribution in [-0.4, -0.2) is 15.0 Å². The maximum atomic E-state index is 5.93. The van der Waals surface area contributed by atoms with Crippen LogP contribution in [0.15, 0.2) is 60.8 Å². The van der Waals surface area contributed by atoms with Crippen LogP contribution in [0.2, 0.25) is 0 Å². The Kier molecular flexibility index (Phi) is 3.05. The van der Waals surface area contributed by atoms with Gasteiger partial charge in [-0.15, -0.1) is 0 Å². The maximum Gasteiger partial charge on any atom is 0.181 e. The summed E-state index contributed by atoms with van der Waals surface area (Å²) >= 11 is 1.45. The highest BCUT2D eigenvalue weighted by molar-refractivity contribution is 7.19. The molecule has 0 amide bonds. The summed E-state index contributed by atoms with van der Waals surface area (Å²) in [5.41, 5.74) is 10.5. The molecule has 3 aromatic heterocycles. The number of nitrogens with two attached hydrogens (primary N) is 1. The van der Waals surface area contributed by atoms with Crippen molar-refractivity contribution >= 4 is 27.5 Å². The minimum absolute atomic E-state index is 0.543. The minimum atomic E-state index is 0.543. The van der Waals surface area contributed by atoms with E-state index in [-0.39, 0.29) is 0 Å². The molecule has 0 atom stereocenters. The molecule has 3 heterocycles. The molecule has 0 unspecified atom stereocenters. The lowest BCUT2D eigenvalue weighted by Gasteiger charge is -2.03. The van der Waals surface area contributed by atoms with E-state index in [1.54, 1.807) is 6.20 Å². The topological polar surface area (TPSA) is 64.7 Å². The van der Waals surface area contributed by atoms with Gasteiger partial charge >= 0.3 is 0 Å². The van der Waals surface area contributed by atoms with Gasteiger partial charge in [-0.05, 0) is 24.3 Å². The first-order valence-electron chi connectivity index (χ1n) is 6.85. The van der Waals surface area contributed by atoms with Crippen molar-refractivity contribution in [3.63, 3.8) is 0 Å². The lowest BCUT2D eigenvalue weighted by molar-refractivity contribution is 1.33. The van der Waals surface area contributed by atoms with Crippen molar-refractivity contribution in [2.75, 3.05) is 5.73 Å². The molecule has 0 radical (unpaired) electrons. The summed E-state index contributed by atoms with van der Waals surface area (Å²) in [7, 11) is 0. The van der Waals surface area contributed by atoms with E-state index in [0.717, 1.165) is 32.9 Å². The van der Waals surface area contributed by atoms with Gasteiger partial charge in [0.2, 0.25) is 0 Å². The average molecular weight is 304 g/mol. The van der Waals surface area contributed by atoms with Gasteiger partial charge in [0.1, 0.15) is 0 Å². The Bertz CT molecular complexity index is 947. The zero-order valence-corrected chi connectivity index (χ0v) is 12.4. The van der Waals surface area contributed by atoms with Gasteiger partial charge in [0, 0.05) is 11.8 Å². The van der Waals surface area contributed by atoms with Crippen molar-refractivity contribution in [1.82, 2.24) is 15.0 Å². The standard InChI is InChI=1S/C17H12N4S/c18-17-21-15(11-5-2-1-3-6-11)16(22-17)14-9-8-12-13(20-14)7-4-10-19-12/h1-10H,(H2,18,21). The van der Waals surface area contributed by atoms with E-state index in [1.807, 2.05) is 54.6 Å². The van der Waals surface area contributed by atoms with Crippen molar-refractivity contribution in [3.05, 3.63) is 60.8 Å². The van der Waals surface area contributed by atoms with Crippen LogP contribution >= 0.6 is 11.3 Å². The molecule has 0 saturated heterocycles. The first-order valence-corrected chi connectivity index (χ1v) is 7.67. The summed E-state index contributed by atoms with van der Waals surface area (Å²) in [6, 6.07) is 17.8. The highest BCUT2D eigenvalue weighted by Crippen LogP contribution is 2.37. The number of fused-ring (bicyclic) bond motifs is 1. The molecule has 0 aliphatic rings. The van der Waals surface area contributed by atoms with E-state index >= 15 is 0 Å². The second kappa shape index (κ2) is 5.20. The summed E-state index contributed by atoms with van der Waals surface area (Å²) in [6.07, 6.45) is 1.77. The van der Waals surface area contributed by atoms with E-state index < -0.39 is 0 Å². The fraction of sp³-hybridized carbons (Fsp3) is 0. The Labute approximate surface area is 131 Å². The van der Waals surface area contributed by atoms with E-state index in [9.17, 15) is 0 Å². The number of pyridine rings is 2. The van der Waals surface area contributed by atoms with Crippen LogP contribution in [0.3, 0.4) is 0 Å². The smallest absolute Gasteiger partial charge is 0.181 e. The molecular formula is C17H12N4S. The number of anilines is 1. The van der Waals surface area contributed by atoms with Crippen molar-refractivity contribution in [2.45, 2.75) is 0 Å². The van der Waals surface area contributed by atoms with Gasteiger partial charge in [-0.1, -0.05) is 41.7 Å². The second-order valence-electron chi connectivity index (χ2n) is 4.83. The molecule has 0 aliphatic heterocycles. The molecule has 0 bridgehead atoms. The van der Waals surface area contributed by atoms with Crippen LogP contribution < -0.4 is 5.73 Å². The monoisotopic (exact) mass is 304 g/mol. The molecule has 5 heteroatoms. The number of hydrogen-bond donors (Lipinski definition) is 1. The zero-order chi connectivity index (χ0) is 14.9. The van der Waals surface area contributed by atoms with Crippen molar-refractivity contribution in [1.29, 1.82) is 0 Å². The Morgan fingerprint density at radius 1 is 0.818 bits per heavy atom. The Morgan fingerprint density at radius 3 is 2.55 bits per heavy atom. The fourth-order valence-electron chi connectivity index (χ4n) is 2.39. The third kappa shape index (κ3) is 2.21. The third-order valence-corrected chi connectivity index (χ3v) is 4.29. The van der Waals surface area contributed by atoms with Gasteiger partial charge < -0.3 is 5.73 Å². The Balaban J connectivity index is 1.91. The van der Waals surface area contributed by atoms with E-state index in [4.69, 9.17) is 10.7 Å². The van der Waals surface area contributed by atoms with Crippen LogP contribution in [0, 0.1) is 0 Å². The number of hydrogen-bond acceptors (Lipinski definition) is 5. The van der Waals surface area contributed by atoms with Gasteiger partial charge in [0.05, 0.1) is 27.3 Å². The summed E-state index contributed by atoms with van der Waals surface area (Å²) in [5.74, 6) is 0. The van der Waals surface area contributed by atoms with Gasteiger partial charge in [-0.2, -0.15) is 0 Å². The first-order chi connectivity index (χ1) is 10.8. The van der Waals surface area contributed by atoms with Gasteiger partial charge in [-0.3, -0.25) is 4.98 Å². The zero-order valence-electron chi connectivity index (χ0n) is 11.6.